The van der Waals surface area contributed by atoms with E-state index in [0.717, 1.165) is 0 Å². The number of nitriles is 1. The first-order chi connectivity index (χ1) is 9.10. The Kier molecular flexibility index (Phi) is 4.06. The molecule has 94 valence electrons. The van der Waals surface area contributed by atoms with Crippen LogP contribution in [0.4, 0.5) is 0 Å². The quantitative estimate of drug-likeness (QED) is 0.619. The van der Waals surface area contributed by atoms with E-state index in [9.17, 15) is 4.79 Å². The van der Waals surface area contributed by atoms with Gasteiger partial charge in [-0.25, -0.2) is 4.79 Å². The van der Waals surface area contributed by atoms with Crippen molar-refractivity contribution in [2.45, 2.75) is 0 Å². The largest absolute Gasteiger partial charge is 0.423 e. The summed E-state index contributed by atoms with van der Waals surface area (Å²) in [5.74, 6) is -0.235. The minimum absolute atomic E-state index is 0.228. The van der Waals surface area contributed by atoms with Crippen LogP contribution in [0.3, 0.4) is 0 Å². The van der Waals surface area contributed by atoms with Crippen LogP contribution in [0.15, 0.2) is 42.5 Å². The average molecular weight is 292 g/mol. The monoisotopic (exact) mass is 291 g/mol. The molecule has 0 fully saturated rings. The minimum Gasteiger partial charge on any atom is -0.423 e. The molecule has 0 amide bonds. The lowest BCUT2D eigenvalue weighted by molar-refractivity contribution is 0.0735. The summed E-state index contributed by atoms with van der Waals surface area (Å²) < 4.78 is 5.14. The first kappa shape index (κ1) is 13.4. The number of halogens is 2. The van der Waals surface area contributed by atoms with E-state index in [0.29, 0.717) is 16.3 Å². The van der Waals surface area contributed by atoms with Crippen molar-refractivity contribution in [1.82, 2.24) is 0 Å². The van der Waals surface area contributed by atoms with Crippen molar-refractivity contribution >= 4 is 29.2 Å². The van der Waals surface area contributed by atoms with Gasteiger partial charge in [0.05, 0.1) is 22.2 Å². The zero-order chi connectivity index (χ0) is 13.8. The molecule has 2 rings (SSSR count). The Labute approximate surface area is 119 Å². The maximum absolute atomic E-state index is 11.9. The predicted molar refractivity (Wildman–Crippen MR) is 72.6 cm³/mol. The molecule has 0 saturated heterocycles. The third kappa shape index (κ3) is 3.25. The Hall–Kier alpha value is -2.02. The highest BCUT2D eigenvalue weighted by Crippen LogP contribution is 2.22. The number of carbonyl (C=O) groups excluding carboxylic acids is 1. The number of esters is 1. The fourth-order valence-electron chi connectivity index (χ4n) is 1.41. The summed E-state index contributed by atoms with van der Waals surface area (Å²) in [4.78, 5) is 11.9. The normalized spacial score (nSPS) is 9.74. The van der Waals surface area contributed by atoms with Crippen LogP contribution in [0.1, 0.15) is 15.9 Å². The summed E-state index contributed by atoms with van der Waals surface area (Å²) in [6.07, 6.45) is 0. The van der Waals surface area contributed by atoms with Crippen LogP contribution in [0.2, 0.25) is 10.0 Å². The Morgan fingerprint density at radius 3 is 2.37 bits per heavy atom. The molecular weight excluding hydrogens is 285 g/mol. The van der Waals surface area contributed by atoms with E-state index in [1.165, 1.54) is 12.1 Å². The smallest absolute Gasteiger partial charge is 0.345 e. The molecule has 2 aromatic carbocycles. The molecule has 0 bridgehead atoms. The molecule has 0 heterocycles. The van der Waals surface area contributed by atoms with Gasteiger partial charge in [-0.2, -0.15) is 5.26 Å². The topological polar surface area (TPSA) is 50.1 Å². The Morgan fingerprint density at radius 2 is 1.79 bits per heavy atom. The second kappa shape index (κ2) is 5.75. The van der Waals surface area contributed by atoms with Gasteiger partial charge in [0, 0.05) is 5.02 Å². The molecule has 0 saturated carbocycles. The van der Waals surface area contributed by atoms with Crippen molar-refractivity contribution in [1.29, 1.82) is 5.26 Å². The third-order valence-electron chi connectivity index (χ3n) is 2.35. The van der Waals surface area contributed by atoms with E-state index >= 15 is 0 Å². The highest BCUT2D eigenvalue weighted by molar-refractivity contribution is 6.36. The number of hydrogen-bond donors (Lipinski definition) is 0. The van der Waals surface area contributed by atoms with Gasteiger partial charge in [0.1, 0.15) is 5.75 Å². The standard InChI is InChI=1S/C14H7Cl2NO2/c15-10-3-6-12(13(16)7-10)14(18)19-11-4-1-9(8-17)2-5-11/h1-7H. The van der Waals surface area contributed by atoms with Crippen molar-refractivity contribution in [3.05, 3.63) is 63.6 Å². The summed E-state index contributed by atoms with van der Waals surface area (Å²) in [7, 11) is 0. The molecule has 0 aliphatic heterocycles. The fourth-order valence-corrected chi connectivity index (χ4v) is 1.90. The number of nitrogens with zero attached hydrogens (tertiary/aromatic N) is 1. The van der Waals surface area contributed by atoms with Gasteiger partial charge in [-0.1, -0.05) is 23.2 Å². The molecule has 0 aromatic heterocycles. The number of hydrogen-bond acceptors (Lipinski definition) is 3. The second-order valence-corrected chi connectivity index (χ2v) is 4.49. The van der Waals surface area contributed by atoms with Gasteiger partial charge in [-0.05, 0) is 42.5 Å². The van der Waals surface area contributed by atoms with Crippen LogP contribution in [0.25, 0.3) is 0 Å². The summed E-state index contributed by atoms with van der Waals surface area (Å²) in [6, 6.07) is 12.7. The van der Waals surface area contributed by atoms with E-state index < -0.39 is 5.97 Å². The molecule has 0 N–H and O–H groups in total. The number of rotatable bonds is 2. The molecule has 0 spiro atoms. The first-order valence-electron chi connectivity index (χ1n) is 5.27. The zero-order valence-electron chi connectivity index (χ0n) is 9.56. The van der Waals surface area contributed by atoms with Crippen LogP contribution >= 0.6 is 23.2 Å². The number of benzene rings is 2. The van der Waals surface area contributed by atoms with Crippen LogP contribution < -0.4 is 4.74 Å². The fraction of sp³-hybridized carbons (Fsp3) is 0. The van der Waals surface area contributed by atoms with Crippen LogP contribution in [-0.2, 0) is 0 Å². The molecule has 0 unspecified atom stereocenters. The molecule has 2 aromatic rings. The van der Waals surface area contributed by atoms with Gasteiger partial charge in [-0.3, -0.25) is 0 Å². The van der Waals surface area contributed by atoms with Crippen molar-refractivity contribution in [2.24, 2.45) is 0 Å². The molecule has 0 aliphatic rings. The molecule has 0 aliphatic carbocycles. The van der Waals surface area contributed by atoms with E-state index in [1.807, 2.05) is 6.07 Å². The van der Waals surface area contributed by atoms with Gasteiger partial charge in [0.15, 0.2) is 0 Å². The number of ether oxygens (including phenoxy) is 1. The van der Waals surface area contributed by atoms with Crippen molar-refractivity contribution < 1.29 is 9.53 Å². The maximum Gasteiger partial charge on any atom is 0.345 e. The van der Waals surface area contributed by atoms with E-state index in [1.54, 1.807) is 30.3 Å². The molecular formula is C14H7Cl2NO2. The van der Waals surface area contributed by atoms with Crippen LogP contribution in [0, 0.1) is 11.3 Å². The lowest BCUT2D eigenvalue weighted by Gasteiger charge is -2.06. The van der Waals surface area contributed by atoms with Gasteiger partial charge in [-0.15, -0.1) is 0 Å². The molecule has 5 heteroatoms. The highest BCUT2D eigenvalue weighted by Gasteiger charge is 2.13. The summed E-state index contributed by atoms with van der Waals surface area (Å²) in [6.45, 7) is 0. The molecule has 19 heavy (non-hydrogen) atoms. The van der Waals surface area contributed by atoms with Crippen LogP contribution in [0.5, 0.6) is 5.75 Å². The van der Waals surface area contributed by atoms with E-state index in [2.05, 4.69) is 0 Å². The Bertz CT molecular complexity index is 660. The molecule has 3 nitrogen and oxygen atoms in total. The third-order valence-corrected chi connectivity index (χ3v) is 2.89. The predicted octanol–water partition coefficient (Wildman–Crippen LogP) is 4.08. The van der Waals surface area contributed by atoms with Gasteiger partial charge in [0.25, 0.3) is 0 Å². The van der Waals surface area contributed by atoms with Gasteiger partial charge in [0.2, 0.25) is 0 Å². The first-order valence-corrected chi connectivity index (χ1v) is 6.03. The SMILES string of the molecule is N#Cc1ccc(OC(=O)c2ccc(Cl)cc2Cl)cc1. The van der Waals surface area contributed by atoms with Crippen molar-refractivity contribution in [3.63, 3.8) is 0 Å². The zero-order valence-corrected chi connectivity index (χ0v) is 11.1. The molecule has 0 atom stereocenters. The Balaban J connectivity index is 2.18. The van der Waals surface area contributed by atoms with Crippen molar-refractivity contribution in [2.75, 3.05) is 0 Å². The van der Waals surface area contributed by atoms with Crippen LogP contribution in [-0.4, -0.2) is 5.97 Å². The Morgan fingerprint density at radius 1 is 1.11 bits per heavy atom. The maximum atomic E-state index is 11.9. The number of carbonyl (C=O) groups is 1. The summed E-state index contributed by atoms with van der Waals surface area (Å²) in [5, 5.41) is 9.34. The summed E-state index contributed by atoms with van der Waals surface area (Å²) >= 11 is 11.7. The second-order valence-electron chi connectivity index (χ2n) is 3.65. The van der Waals surface area contributed by atoms with Crippen molar-refractivity contribution in [3.8, 4) is 11.8 Å². The average Bonchev–Trinajstić information content (AvgIpc) is 2.39. The van der Waals surface area contributed by atoms with Gasteiger partial charge < -0.3 is 4.74 Å². The molecule has 0 radical (unpaired) electrons. The van der Waals surface area contributed by atoms with Gasteiger partial charge >= 0.3 is 5.97 Å². The summed E-state index contributed by atoms with van der Waals surface area (Å²) in [5.41, 5.74) is 0.722. The highest BCUT2D eigenvalue weighted by atomic mass is 35.5. The van der Waals surface area contributed by atoms with E-state index in [-0.39, 0.29) is 10.6 Å². The lowest BCUT2D eigenvalue weighted by Crippen LogP contribution is -2.09. The lowest BCUT2D eigenvalue weighted by atomic mass is 10.2. The minimum atomic E-state index is -0.577. The van der Waals surface area contributed by atoms with E-state index in [4.69, 9.17) is 33.2 Å².